The van der Waals surface area contributed by atoms with Crippen LogP contribution in [0.5, 0.6) is 0 Å². The molecule has 0 aromatic carbocycles. The first-order valence-corrected chi connectivity index (χ1v) is 18.9. The second-order valence-electron chi connectivity index (χ2n) is 13.0. The van der Waals surface area contributed by atoms with Crippen molar-refractivity contribution < 1.29 is 4.57 Å². The van der Waals surface area contributed by atoms with E-state index in [1.807, 2.05) is 0 Å². The van der Waals surface area contributed by atoms with Crippen molar-refractivity contribution in [2.75, 3.05) is 0 Å². The van der Waals surface area contributed by atoms with Gasteiger partial charge in [0.25, 0.3) is 5.82 Å². The van der Waals surface area contributed by atoms with Crippen LogP contribution in [0, 0.1) is 0 Å². The molecule has 0 radical (unpaired) electrons. The zero-order valence-corrected chi connectivity index (χ0v) is 28.2. The molecule has 2 nitrogen and oxygen atoms in total. The van der Waals surface area contributed by atoms with E-state index in [2.05, 4.69) is 42.3 Å². The second kappa shape index (κ2) is 29.7. The molecule has 0 aliphatic carbocycles. The molecule has 0 atom stereocenters. The number of unbranched alkanes of at least 4 members (excludes halogenated alkanes) is 26. The molecule has 1 aromatic rings. The van der Waals surface area contributed by atoms with Gasteiger partial charge in [-0.15, -0.1) is 0 Å². The number of hydrogen-bond donors (Lipinski definition) is 0. The molecule has 0 unspecified atom stereocenters. The van der Waals surface area contributed by atoms with E-state index in [9.17, 15) is 0 Å². The zero-order chi connectivity index (χ0) is 28.8. The highest BCUT2D eigenvalue weighted by atomic mass is 15.1. The molecule has 236 valence electrons. The summed E-state index contributed by atoms with van der Waals surface area (Å²) in [5, 5.41) is 0. The Morgan fingerprint density at radius 2 is 0.775 bits per heavy atom. The van der Waals surface area contributed by atoms with Gasteiger partial charge < -0.3 is 0 Å². The summed E-state index contributed by atoms with van der Waals surface area (Å²) in [5.74, 6) is 1.61. The maximum Gasteiger partial charge on any atom is 0.256 e. The lowest BCUT2D eigenvalue weighted by Crippen LogP contribution is -2.37. The fourth-order valence-electron chi connectivity index (χ4n) is 6.33. The molecule has 0 aliphatic heterocycles. The SMILES string of the molecule is CCCCCCCCCCCCCCCCCC[n+]1ccn(CCCCCCCC)c1CCCCCCCCC. The van der Waals surface area contributed by atoms with Crippen LogP contribution in [0.15, 0.2) is 12.4 Å². The van der Waals surface area contributed by atoms with E-state index < -0.39 is 0 Å². The van der Waals surface area contributed by atoms with Gasteiger partial charge in [-0.1, -0.05) is 175 Å². The van der Waals surface area contributed by atoms with Crippen molar-refractivity contribution in [1.82, 2.24) is 4.57 Å². The molecule has 2 heteroatoms. The highest BCUT2D eigenvalue weighted by Gasteiger charge is 2.16. The molecule has 0 N–H and O–H groups in total. The minimum Gasteiger partial charge on any atom is -0.234 e. The first-order chi connectivity index (χ1) is 19.8. The summed E-state index contributed by atoms with van der Waals surface area (Å²) in [6.07, 6.45) is 47.4. The summed E-state index contributed by atoms with van der Waals surface area (Å²) >= 11 is 0. The molecule has 0 bridgehead atoms. The number of nitrogens with zero attached hydrogens (tertiary/aromatic N) is 2. The highest BCUT2D eigenvalue weighted by Crippen LogP contribution is 2.15. The van der Waals surface area contributed by atoms with Crippen LogP contribution >= 0.6 is 0 Å². The molecule has 0 saturated carbocycles. The van der Waals surface area contributed by atoms with E-state index in [-0.39, 0.29) is 0 Å². The molecule has 1 rings (SSSR count). The largest absolute Gasteiger partial charge is 0.256 e. The molecule has 0 aliphatic rings. The van der Waals surface area contributed by atoms with Gasteiger partial charge in [0.2, 0.25) is 0 Å². The van der Waals surface area contributed by atoms with Crippen molar-refractivity contribution in [3.8, 4) is 0 Å². The quantitative estimate of drug-likeness (QED) is 0.0613. The van der Waals surface area contributed by atoms with Crippen molar-refractivity contribution in [2.45, 2.75) is 226 Å². The molecule has 40 heavy (non-hydrogen) atoms. The highest BCUT2D eigenvalue weighted by molar-refractivity contribution is 4.84. The minimum atomic E-state index is 1.23. The maximum absolute atomic E-state index is 2.62. The third-order valence-electron chi connectivity index (χ3n) is 9.10. The summed E-state index contributed by atoms with van der Waals surface area (Å²) in [6.45, 7) is 9.39. The predicted molar refractivity (Wildman–Crippen MR) is 179 cm³/mol. The average molecular weight is 560 g/mol. The van der Waals surface area contributed by atoms with Crippen LogP contribution in [0.2, 0.25) is 0 Å². The summed E-state index contributed by atoms with van der Waals surface area (Å²) in [7, 11) is 0. The maximum atomic E-state index is 2.62. The first kappa shape index (κ1) is 37.2. The van der Waals surface area contributed by atoms with E-state index in [0.29, 0.717) is 0 Å². The van der Waals surface area contributed by atoms with Crippen LogP contribution in [-0.4, -0.2) is 4.57 Å². The molecular formula is C38H75N2+. The lowest BCUT2D eigenvalue weighted by Gasteiger charge is -2.07. The van der Waals surface area contributed by atoms with Gasteiger partial charge in [0, 0.05) is 6.42 Å². The molecule has 0 saturated heterocycles. The number of rotatable bonds is 32. The van der Waals surface area contributed by atoms with E-state index in [1.54, 1.807) is 5.82 Å². The van der Waals surface area contributed by atoms with E-state index >= 15 is 0 Å². The van der Waals surface area contributed by atoms with Gasteiger partial charge in [-0.2, -0.15) is 0 Å². The van der Waals surface area contributed by atoms with Gasteiger partial charge >= 0.3 is 0 Å². The lowest BCUT2D eigenvalue weighted by atomic mass is 10.0. The van der Waals surface area contributed by atoms with Gasteiger partial charge in [0.1, 0.15) is 12.4 Å². The zero-order valence-electron chi connectivity index (χ0n) is 28.2. The van der Waals surface area contributed by atoms with Gasteiger partial charge in [-0.05, 0) is 32.1 Å². The first-order valence-electron chi connectivity index (χ1n) is 18.9. The molecule has 0 spiro atoms. The Labute approximate surface area is 253 Å². The Bertz CT molecular complexity index is 619. The Hall–Kier alpha value is -0.790. The molecule has 0 fully saturated rings. The van der Waals surface area contributed by atoms with Gasteiger partial charge in [0.05, 0.1) is 13.1 Å². The molecule has 0 amide bonds. The van der Waals surface area contributed by atoms with E-state index in [1.165, 1.54) is 206 Å². The minimum absolute atomic E-state index is 1.23. The number of imidazole rings is 1. The second-order valence-corrected chi connectivity index (χ2v) is 13.0. The summed E-state index contributed by atoms with van der Waals surface area (Å²) in [6, 6.07) is 0. The third-order valence-corrected chi connectivity index (χ3v) is 9.10. The number of aryl methyl sites for hydroxylation is 2. The van der Waals surface area contributed by atoms with Gasteiger partial charge in [0.15, 0.2) is 0 Å². The van der Waals surface area contributed by atoms with Crippen molar-refractivity contribution in [3.05, 3.63) is 18.2 Å². The standard InChI is InChI=1S/C38H75N2/c1-4-7-10-13-16-17-18-19-20-21-22-23-24-26-29-32-35-40-37-36-39(34-31-28-15-12-9-6-3)38(40)33-30-27-25-14-11-8-5-2/h36-37H,4-35H2,1-3H3/q+1. The fraction of sp³-hybridized carbons (Fsp3) is 0.921. The van der Waals surface area contributed by atoms with Crippen molar-refractivity contribution in [2.24, 2.45) is 0 Å². The molecular weight excluding hydrogens is 484 g/mol. The smallest absolute Gasteiger partial charge is 0.234 e. The number of aromatic nitrogens is 2. The number of hydrogen-bond acceptors (Lipinski definition) is 0. The Morgan fingerprint density at radius 1 is 0.425 bits per heavy atom. The van der Waals surface area contributed by atoms with Crippen molar-refractivity contribution in [1.29, 1.82) is 0 Å². The monoisotopic (exact) mass is 560 g/mol. The Kier molecular flexibility index (Phi) is 27.6. The predicted octanol–water partition coefficient (Wildman–Crippen LogP) is 12.7. The van der Waals surface area contributed by atoms with Crippen LogP contribution in [0.1, 0.15) is 213 Å². The van der Waals surface area contributed by atoms with Gasteiger partial charge in [-0.3, -0.25) is 0 Å². The lowest BCUT2D eigenvalue weighted by molar-refractivity contribution is -0.704. The normalized spacial score (nSPS) is 11.6. The Morgan fingerprint density at radius 3 is 1.20 bits per heavy atom. The van der Waals surface area contributed by atoms with Crippen molar-refractivity contribution in [3.63, 3.8) is 0 Å². The molecule has 1 aromatic heterocycles. The third kappa shape index (κ3) is 21.9. The van der Waals surface area contributed by atoms with Gasteiger partial charge in [-0.25, -0.2) is 9.13 Å². The van der Waals surface area contributed by atoms with Crippen molar-refractivity contribution >= 4 is 0 Å². The van der Waals surface area contributed by atoms with Crippen LogP contribution in [0.25, 0.3) is 0 Å². The summed E-state index contributed by atoms with van der Waals surface area (Å²) in [5.41, 5.74) is 0. The van der Waals surface area contributed by atoms with E-state index in [4.69, 9.17) is 0 Å². The van der Waals surface area contributed by atoms with Crippen LogP contribution in [0.3, 0.4) is 0 Å². The average Bonchev–Trinajstić information content (AvgIpc) is 3.35. The van der Waals surface area contributed by atoms with Crippen LogP contribution < -0.4 is 4.57 Å². The summed E-state index contributed by atoms with van der Waals surface area (Å²) in [4.78, 5) is 0. The van der Waals surface area contributed by atoms with Crippen LogP contribution in [0.4, 0.5) is 0 Å². The summed E-state index contributed by atoms with van der Waals surface area (Å²) < 4.78 is 5.24. The van der Waals surface area contributed by atoms with Crippen LogP contribution in [-0.2, 0) is 19.5 Å². The van der Waals surface area contributed by atoms with E-state index in [0.717, 1.165) is 0 Å². The fourth-order valence-corrected chi connectivity index (χ4v) is 6.33. The molecule has 1 heterocycles. The topological polar surface area (TPSA) is 8.81 Å². The Balaban J connectivity index is 2.19.